The van der Waals surface area contributed by atoms with Crippen molar-refractivity contribution in [1.29, 1.82) is 0 Å². The summed E-state index contributed by atoms with van der Waals surface area (Å²) in [6, 6.07) is 13.7. The minimum atomic E-state index is -0.737. The van der Waals surface area contributed by atoms with Gasteiger partial charge in [0, 0.05) is 28.6 Å². The molecular weight excluding hydrogens is 508 g/mol. The van der Waals surface area contributed by atoms with E-state index in [1.54, 1.807) is 20.4 Å². The van der Waals surface area contributed by atoms with Gasteiger partial charge in [0.1, 0.15) is 11.5 Å². The van der Waals surface area contributed by atoms with Gasteiger partial charge in [-0.2, -0.15) is 0 Å². The average molecular weight is 545 g/mol. The monoisotopic (exact) mass is 544 g/mol. The van der Waals surface area contributed by atoms with Crippen LogP contribution in [0.25, 0.3) is 10.9 Å². The Morgan fingerprint density at radius 1 is 1.14 bits per heavy atom. The van der Waals surface area contributed by atoms with Gasteiger partial charge in [0.25, 0.3) is 0 Å². The molecule has 0 radical (unpaired) electrons. The van der Waals surface area contributed by atoms with E-state index in [0.717, 1.165) is 67.7 Å². The molecule has 200 valence electrons. The zero-order valence-electron chi connectivity index (χ0n) is 21.7. The lowest BCUT2D eigenvalue weighted by atomic mass is 9.74. The number of para-hydroxylation sites is 1. The SMILES string of the molecule is COc1ccc2ncc(Cl)c(C(O)CCC3(CO)CCN(CCCSc4ccccc4OC)CC3)c2c1. The third-order valence-electron chi connectivity index (χ3n) is 7.55. The number of thioether (sulfide) groups is 1. The van der Waals surface area contributed by atoms with Crippen molar-refractivity contribution >= 4 is 34.3 Å². The van der Waals surface area contributed by atoms with Crippen molar-refractivity contribution in [3.63, 3.8) is 0 Å². The standard InChI is InChI=1S/C29H37ClN2O4S/c1-35-21-8-9-24-22(18-21)28(23(30)19-31-24)25(34)10-11-29(20-33)12-15-32(16-13-29)14-5-17-37-27-7-4-3-6-26(27)36-2/h3-4,6-9,18-19,25,33-34H,5,10-17,20H2,1-2H3. The topological polar surface area (TPSA) is 75.0 Å². The molecule has 2 N–H and O–H groups in total. The molecule has 4 rings (SSSR count). The van der Waals surface area contributed by atoms with Gasteiger partial charge in [-0.1, -0.05) is 23.7 Å². The van der Waals surface area contributed by atoms with Crippen molar-refractivity contribution in [1.82, 2.24) is 9.88 Å². The lowest BCUT2D eigenvalue weighted by molar-refractivity contribution is 0.0238. The first-order valence-corrected chi connectivity index (χ1v) is 14.2. The number of ether oxygens (including phenoxy) is 2. The highest BCUT2D eigenvalue weighted by atomic mass is 35.5. The van der Waals surface area contributed by atoms with Crippen LogP contribution in [-0.2, 0) is 0 Å². The van der Waals surface area contributed by atoms with E-state index in [1.165, 1.54) is 4.90 Å². The van der Waals surface area contributed by atoms with Crippen molar-refractivity contribution in [3.8, 4) is 11.5 Å². The number of methoxy groups -OCH3 is 2. The van der Waals surface area contributed by atoms with Gasteiger partial charge >= 0.3 is 0 Å². The molecule has 3 aromatic rings. The number of hydrogen-bond acceptors (Lipinski definition) is 7. The summed E-state index contributed by atoms with van der Waals surface area (Å²) >= 11 is 8.33. The number of nitrogens with zero attached hydrogens (tertiary/aromatic N) is 2. The van der Waals surface area contributed by atoms with Gasteiger partial charge < -0.3 is 24.6 Å². The maximum Gasteiger partial charge on any atom is 0.132 e. The van der Waals surface area contributed by atoms with Crippen LogP contribution in [0.2, 0.25) is 5.02 Å². The van der Waals surface area contributed by atoms with Crippen LogP contribution < -0.4 is 9.47 Å². The van der Waals surface area contributed by atoms with E-state index in [4.69, 9.17) is 21.1 Å². The van der Waals surface area contributed by atoms with Crippen LogP contribution in [0.4, 0.5) is 0 Å². The minimum Gasteiger partial charge on any atom is -0.497 e. The van der Waals surface area contributed by atoms with Gasteiger partial charge in [-0.3, -0.25) is 4.98 Å². The van der Waals surface area contributed by atoms with Gasteiger partial charge in [-0.05, 0) is 93.2 Å². The summed E-state index contributed by atoms with van der Waals surface area (Å²) in [5.74, 6) is 2.67. The third-order valence-corrected chi connectivity index (χ3v) is 8.99. The number of rotatable bonds is 12. The molecular formula is C29H37ClN2O4S. The highest BCUT2D eigenvalue weighted by Gasteiger charge is 2.34. The first-order valence-electron chi connectivity index (χ1n) is 12.9. The van der Waals surface area contributed by atoms with Crippen LogP contribution in [0, 0.1) is 5.41 Å². The molecule has 0 spiro atoms. The fraction of sp³-hybridized carbons (Fsp3) is 0.483. The van der Waals surface area contributed by atoms with Crippen LogP contribution in [0.15, 0.2) is 53.6 Å². The van der Waals surface area contributed by atoms with Gasteiger partial charge in [-0.25, -0.2) is 0 Å². The highest BCUT2D eigenvalue weighted by Crippen LogP contribution is 2.40. The largest absolute Gasteiger partial charge is 0.497 e. The number of pyridine rings is 1. The van der Waals surface area contributed by atoms with Crippen LogP contribution >= 0.6 is 23.4 Å². The molecule has 2 heterocycles. The number of aliphatic hydroxyl groups is 2. The fourth-order valence-corrected chi connectivity index (χ4v) is 6.41. The molecule has 1 unspecified atom stereocenters. The molecule has 1 saturated heterocycles. The molecule has 6 nitrogen and oxygen atoms in total. The Bertz CT molecular complexity index is 1170. The molecule has 2 aromatic carbocycles. The second-order valence-electron chi connectivity index (χ2n) is 9.81. The quantitative estimate of drug-likeness (QED) is 0.215. The van der Waals surface area contributed by atoms with E-state index >= 15 is 0 Å². The third kappa shape index (κ3) is 6.89. The van der Waals surface area contributed by atoms with E-state index < -0.39 is 6.10 Å². The molecule has 0 saturated carbocycles. The normalized spacial score (nSPS) is 16.6. The molecule has 0 bridgehead atoms. The Balaban J connectivity index is 1.29. The predicted molar refractivity (Wildman–Crippen MR) is 151 cm³/mol. The number of aromatic nitrogens is 1. The molecule has 1 atom stereocenters. The number of aliphatic hydroxyl groups excluding tert-OH is 2. The number of fused-ring (bicyclic) bond motifs is 1. The summed E-state index contributed by atoms with van der Waals surface area (Å²) in [6.07, 6.45) is 5.09. The summed E-state index contributed by atoms with van der Waals surface area (Å²) in [5.41, 5.74) is 1.29. The second kappa shape index (κ2) is 13.2. The molecule has 1 aliphatic heterocycles. The molecule has 37 heavy (non-hydrogen) atoms. The van der Waals surface area contributed by atoms with Crippen LogP contribution in [0.3, 0.4) is 0 Å². The zero-order valence-corrected chi connectivity index (χ0v) is 23.2. The smallest absolute Gasteiger partial charge is 0.132 e. The second-order valence-corrected chi connectivity index (χ2v) is 11.4. The van der Waals surface area contributed by atoms with Gasteiger partial charge in [0.05, 0.1) is 30.9 Å². The van der Waals surface area contributed by atoms with Crippen molar-refractivity contribution < 1.29 is 19.7 Å². The Morgan fingerprint density at radius 3 is 2.65 bits per heavy atom. The summed E-state index contributed by atoms with van der Waals surface area (Å²) in [4.78, 5) is 8.07. The Kier molecular flexibility index (Phi) is 9.96. The van der Waals surface area contributed by atoms with Crippen molar-refractivity contribution in [2.24, 2.45) is 5.41 Å². The maximum absolute atomic E-state index is 11.2. The van der Waals surface area contributed by atoms with Crippen LogP contribution in [-0.4, -0.2) is 66.3 Å². The minimum absolute atomic E-state index is 0.135. The number of benzene rings is 2. The zero-order chi connectivity index (χ0) is 26.3. The summed E-state index contributed by atoms with van der Waals surface area (Å²) < 4.78 is 10.8. The lowest BCUT2D eigenvalue weighted by Gasteiger charge is -2.41. The Hall–Kier alpha value is -2.03. The van der Waals surface area contributed by atoms with E-state index in [2.05, 4.69) is 16.0 Å². The van der Waals surface area contributed by atoms with Crippen molar-refractivity contribution in [2.75, 3.05) is 46.2 Å². The fourth-order valence-electron chi connectivity index (χ4n) is 5.17. The van der Waals surface area contributed by atoms with Gasteiger partial charge in [-0.15, -0.1) is 11.8 Å². The maximum atomic E-state index is 11.2. The Morgan fingerprint density at radius 2 is 1.92 bits per heavy atom. The Labute approximate surface area is 228 Å². The van der Waals surface area contributed by atoms with E-state index in [9.17, 15) is 10.2 Å². The van der Waals surface area contributed by atoms with Gasteiger partial charge in [0.15, 0.2) is 0 Å². The molecule has 8 heteroatoms. The number of halogens is 1. The lowest BCUT2D eigenvalue weighted by Crippen LogP contribution is -2.42. The molecule has 0 aliphatic carbocycles. The molecule has 1 aromatic heterocycles. The summed E-state index contributed by atoms with van der Waals surface area (Å²) in [5, 5.41) is 22.8. The molecule has 1 fully saturated rings. The van der Waals surface area contributed by atoms with E-state index in [-0.39, 0.29) is 12.0 Å². The predicted octanol–water partition coefficient (Wildman–Crippen LogP) is 5.98. The first kappa shape index (κ1) is 28.0. The summed E-state index contributed by atoms with van der Waals surface area (Å²) in [6.45, 7) is 3.11. The number of hydrogen-bond donors (Lipinski definition) is 2. The molecule has 0 amide bonds. The van der Waals surface area contributed by atoms with Crippen LogP contribution in [0.5, 0.6) is 11.5 Å². The van der Waals surface area contributed by atoms with Crippen LogP contribution in [0.1, 0.15) is 43.8 Å². The number of piperidine rings is 1. The van der Waals surface area contributed by atoms with E-state index in [1.807, 2.05) is 48.2 Å². The van der Waals surface area contributed by atoms with E-state index in [0.29, 0.717) is 22.8 Å². The molecule has 1 aliphatic rings. The number of likely N-dealkylation sites (tertiary alicyclic amines) is 1. The van der Waals surface area contributed by atoms with Crippen molar-refractivity contribution in [3.05, 3.63) is 59.2 Å². The van der Waals surface area contributed by atoms with Crippen molar-refractivity contribution in [2.45, 2.75) is 43.1 Å². The average Bonchev–Trinajstić information content (AvgIpc) is 2.94. The van der Waals surface area contributed by atoms with Gasteiger partial charge in [0.2, 0.25) is 0 Å². The highest BCUT2D eigenvalue weighted by molar-refractivity contribution is 7.99. The first-order chi connectivity index (χ1) is 18.0. The summed E-state index contributed by atoms with van der Waals surface area (Å²) in [7, 11) is 3.33.